The van der Waals surface area contributed by atoms with Crippen molar-refractivity contribution >= 4 is 27.5 Å². The Labute approximate surface area is 188 Å². The summed E-state index contributed by atoms with van der Waals surface area (Å²) in [5.74, 6) is 0.785. The first-order valence-corrected chi connectivity index (χ1v) is 12.1. The van der Waals surface area contributed by atoms with Gasteiger partial charge in [0.2, 0.25) is 10.0 Å². The van der Waals surface area contributed by atoms with E-state index in [0.29, 0.717) is 29.6 Å². The first-order chi connectivity index (χ1) is 14.9. The zero-order valence-electron chi connectivity index (χ0n) is 17.4. The quantitative estimate of drug-likeness (QED) is 0.572. The molecule has 9 heteroatoms. The number of ether oxygens (including phenoxy) is 2. The summed E-state index contributed by atoms with van der Waals surface area (Å²) in [6, 6.07) is 13.2. The van der Waals surface area contributed by atoms with Crippen LogP contribution in [0.25, 0.3) is 0 Å². The van der Waals surface area contributed by atoms with Crippen LogP contribution in [0.1, 0.15) is 26.2 Å². The van der Waals surface area contributed by atoms with Crippen LogP contribution in [0.15, 0.2) is 53.4 Å². The molecular weight excluding hydrogens is 440 g/mol. The molecule has 2 aromatic rings. The van der Waals surface area contributed by atoms with Crippen LogP contribution in [0, 0.1) is 0 Å². The van der Waals surface area contributed by atoms with Crippen LogP contribution in [-0.2, 0) is 14.8 Å². The molecule has 1 aliphatic heterocycles. The summed E-state index contributed by atoms with van der Waals surface area (Å²) in [5, 5.41) is 3.28. The monoisotopic (exact) mass is 466 g/mol. The summed E-state index contributed by atoms with van der Waals surface area (Å²) >= 11 is 5.91. The van der Waals surface area contributed by atoms with Crippen LogP contribution in [0.3, 0.4) is 0 Å². The van der Waals surface area contributed by atoms with Gasteiger partial charge in [0.15, 0.2) is 6.10 Å². The highest BCUT2D eigenvalue weighted by atomic mass is 35.5. The fourth-order valence-electron chi connectivity index (χ4n) is 3.25. The number of carbonyl (C=O) groups is 1. The highest BCUT2D eigenvalue weighted by Crippen LogP contribution is 2.22. The van der Waals surface area contributed by atoms with E-state index >= 15 is 0 Å². The normalized spacial score (nSPS) is 15.8. The summed E-state index contributed by atoms with van der Waals surface area (Å²) in [6.07, 6.45) is 2.18. The summed E-state index contributed by atoms with van der Waals surface area (Å²) < 4.78 is 38.0. The average molecular weight is 467 g/mol. The number of benzene rings is 2. The lowest BCUT2D eigenvalue weighted by Crippen LogP contribution is -2.38. The molecule has 168 valence electrons. The number of nitrogens with zero attached hydrogens (tertiary/aromatic N) is 1. The smallest absolute Gasteiger partial charge is 0.260 e. The Bertz CT molecular complexity index is 976. The molecular formula is C22H27ClN2O5S. The molecule has 0 aliphatic carbocycles. The maximum absolute atomic E-state index is 12.7. The molecule has 1 amide bonds. The van der Waals surface area contributed by atoms with Crippen molar-refractivity contribution in [2.45, 2.75) is 37.2 Å². The minimum atomic E-state index is -3.45. The van der Waals surface area contributed by atoms with Gasteiger partial charge in [-0.15, -0.1) is 0 Å². The van der Waals surface area contributed by atoms with E-state index in [0.717, 1.165) is 19.3 Å². The SMILES string of the molecule is C[C@H](Oc1cccc(Cl)c1)C(=O)NCCOc1ccc(S(=O)(=O)N2CCCCC2)cc1. The molecule has 1 N–H and O–H groups in total. The van der Waals surface area contributed by atoms with Crippen LogP contribution < -0.4 is 14.8 Å². The molecule has 0 bridgehead atoms. The molecule has 0 aromatic heterocycles. The van der Waals surface area contributed by atoms with Crippen LogP contribution in [-0.4, -0.2) is 51.0 Å². The Kier molecular flexibility index (Phi) is 8.17. The lowest BCUT2D eigenvalue weighted by molar-refractivity contribution is -0.127. The number of sulfonamides is 1. The molecule has 3 rings (SSSR count). The second-order valence-corrected chi connectivity index (χ2v) is 9.67. The largest absolute Gasteiger partial charge is 0.492 e. The molecule has 0 unspecified atom stereocenters. The van der Waals surface area contributed by atoms with Crippen molar-refractivity contribution < 1.29 is 22.7 Å². The number of nitrogens with one attached hydrogen (secondary N) is 1. The van der Waals surface area contributed by atoms with Gasteiger partial charge in [-0.05, 0) is 62.2 Å². The van der Waals surface area contributed by atoms with E-state index in [-0.39, 0.29) is 24.0 Å². The minimum Gasteiger partial charge on any atom is -0.492 e. The Balaban J connectivity index is 1.42. The van der Waals surface area contributed by atoms with Crippen molar-refractivity contribution in [3.8, 4) is 11.5 Å². The molecule has 1 heterocycles. The average Bonchev–Trinajstić information content (AvgIpc) is 2.77. The van der Waals surface area contributed by atoms with Gasteiger partial charge in [0, 0.05) is 18.1 Å². The second kappa shape index (κ2) is 10.8. The number of carbonyl (C=O) groups excluding carboxylic acids is 1. The number of hydrogen-bond acceptors (Lipinski definition) is 5. The minimum absolute atomic E-state index is 0.244. The first-order valence-electron chi connectivity index (χ1n) is 10.3. The number of hydrogen-bond donors (Lipinski definition) is 1. The summed E-state index contributed by atoms with van der Waals surface area (Å²) in [7, 11) is -3.45. The maximum Gasteiger partial charge on any atom is 0.260 e. The molecule has 2 aromatic carbocycles. The Morgan fingerprint density at radius 2 is 1.81 bits per heavy atom. The summed E-state index contributed by atoms with van der Waals surface area (Å²) in [5.41, 5.74) is 0. The van der Waals surface area contributed by atoms with Crippen LogP contribution in [0.2, 0.25) is 5.02 Å². The van der Waals surface area contributed by atoms with Crippen molar-refractivity contribution in [1.29, 1.82) is 0 Å². The number of rotatable bonds is 9. The van der Waals surface area contributed by atoms with E-state index in [4.69, 9.17) is 21.1 Å². The fraction of sp³-hybridized carbons (Fsp3) is 0.409. The van der Waals surface area contributed by atoms with Crippen molar-refractivity contribution in [2.75, 3.05) is 26.2 Å². The summed E-state index contributed by atoms with van der Waals surface area (Å²) in [6.45, 7) is 3.32. The van der Waals surface area contributed by atoms with E-state index in [1.807, 2.05) is 0 Å². The molecule has 0 spiro atoms. The van der Waals surface area contributed by atoms with Crippen LogP contribution in [0.5, 0.6) is 11.5 Å². The van der Waals surface area contributed by atoms with Gasteiger partial charge in [0.25, 0.3) is 5.91 Å². The number of amides is 1. The zero-order valence-corrected chi connectivity index (χ0v) is 19.0. The molecule has 0 radical (unpaired) electrons. The van der Waals surface area contributed by atoms with Gasteiger partial charge in [-0.1, -0.05) is 24.1 Å². The van der Waals surface area contributed by atoms with Crippen molar-refractivity contribution in [3.05, 3.63) is 53.6 Å². The topological polar surface area (TPSA) is 84.9 Å². The van der Waals surface area contributed by atoms with Crippen molar-refractivity contribution in [2.24, 2.45) is 0 Å². The third-order valence-corrected chi connectivity index (χ3v) is 7.07. The van der Waals surface area contributed by atoms with E-state index < -0.39 is 16.1 Å². The Hall–Kier alpha value is -2.29. The van der Waals surface area contributed by atoms with E-state index in [1.165, 1.54) is 4.31 Å². The first kappa shape index (κ1) is 23.4. The van der Waals surface area contributed by atoms with Crippen LogP contribution >= 0.6 is 11.6 Å². The Morgan fingerprint density at radius 1 is 1.10 bits per heavy atom. The zero-order chi connectivity index (χ0) is 22.3. The lowest BCUT2D eigenvalue weighted by Gasteiger charge is -2.25. The van der Waals surface area contributed by atoms with E-state index in [2.05, 4.69) is 5.32 Å². The van der Waals surface area contributed by atoms with Gasteiger partial charge in [-0.3, -0.25) is 4.79 Å². The van der Waals surface area contributed by atoms with Crippen molar-refractivity contribution in [1.82, 2.24) is 9.62 Å². The maximum atomic E-state index is 12.7. The van der Waals surface area contributed by atoms with E-state index in [9.17, 15) is 13.2 Å². The third kappa shape index (κ3) is 6.59. The molecule has 0 saturated carbocycles. The lowest BCUT2D eigenvalue weighted by atomic mass is 10.2. The third-order valence-electron chi connectivity index (χ3n) is 4.92. The van der Waals surface area contributed by atoms with Gasteiger partial charge < -0.3 is 14.8 Å². The summed E-state index contributed by atoms with van der Waals surface area (Å²) in [4.78, 5) is 12.4. The van der Waals surface area contributed by atoms with Gasteiger partial charge in [-0.2, -0.15) is 4.31 Å². The standard InChI is InChI=1S/C22H27ClN2O5S/c1-17(30-20-7-5-6-18(23)16-20)22(26)24-12-15-29-19-8-10-21(11-9-19)31(27,28)25-13-3-2-4-14-25/h5-11,16-17H,2-4,12-15H2,1H3,(H,24,26)/t17-/m0/s1. The predicted molar refractivity (Wildman–Crippen MR) is 119 cm³/mol. The second-order valence-electron chi connectivity index (χ2n) is 7.29. The molecule has 7 nitrogen and oxygen atoms in total. The highest BCUT2D eigenvalue weighted by molar-refractivity contribution is 7.89. The molecule has 1 fully saturated rings. The van der Waals surface area contributed by atoms with Gasteiger partial charge in [0.1, 0.15) is 18.1 Å². The van der Waals surface area contributed by atoms with Crippen molar-refractivity contribution in [3.63, 3.8) is 0 Å². The molecule has 31 heavy (non-hydrogen) atoms. The number of piperidine rings is 1. The predicted octanol–water partition coefficient (Wildman–Crippen LogP) is 3.48. The van der Waals surface area contributed by atoms with Gasteiger partial charge in [-0.25, -0.2) is 8.42 Å². The molecule has 1 saturated heterocycles. The van der Waals surface area contributed by atoms with Crippen LogP contribution in [0.4, 0.5) is 0 Å². The number of halogens is 1. The fourth-order valence-corrected chi connectivity index (χ4v) is 4.94. The van der Waals surface area contributed by atoms with E-state index in [1.54, 1.807) is 55.5 Å². The molecule has 1 aliphatic rings. The van der Waals surface area contributed by atoms with Gasteiger partial charge in [0.05, 0.1) is 11.4 Å². The molecule has 1 atom stereocenters. The Morgan fingerprint density at radius 3 is 2.48 bits per heavy atom. The highest BCUT2D eigenvalue weighted by Gasteiger charge is 2.25. The van der Waals surface area contributed by atoms with Gasteiger partial charge >= 0.3 is 0 Å².